The van der Waals surface area contributed by atoms with E-state index in [9.17, 15) is 0 Å². The molecule has 0 saturated carbocycles. The smallest absolute Gasteiger partial charge is 0.164 e. The number of aromatic nitrogens is 6. The van der Waals surface area contributed by atoms with Gasteiger partial charge in [0.2, 0.25) is 0 Å². The molecular formula is C55H40N6. The monoisotopic (exact) mass is 784 g/mol. The third-order valence-corrected chi connectivity index (χ3v) is 10.5. The number of benzene rings is 5. The second kappa shape index (κ2) is 17.7. The fraction of sp³-hybridized carbons (Fsp3) is 0.0182. The third-order valence-electron chi connectivity index (χ3n) is 10.5. The molecule has 0 atom stereocenters. The maximum atomic E-state index is 5.18. The van der Waals surface area contributed by atoms with Gasteiger partial charge in [0.15, 0.2) is 17.5 Å². The second-order valence-electron chi connectivity index (χ2n) is 14.6. The van der Waals surface area contributed by atoms with Gasteiger partial charge in [0.25, 0.3) is 0 Å². The van der Waals surface area contributed by atoms with Gasteiger partial charge in [-0.1, -0.05) is 134 Å². The van der Waals surface area contributed by atoms with E-state index < -0.39 is 0 Å². The van der Waals surface area contributed by atoms with Crippen molar-refractivity contribution < 1.29 is 0 Å². The van der Waals surface area contributed by atoms with Crippen LogP contribution < -0.4 is 0 Å². The summed E-state index contributed by atoms with van der Waals surface area (Å²) in [5, 5.41) is 0. The lowest BCUT2D eigenvalue weighted by molar-refractivity contribution is 1.07. The molecule has 0 spiro atoms. The van der Waals surface area contributed by atoms with Gasteiger partial charge in [-0.15, -0.1) is 0 Å². The van der Waals surface area contributed by atoms with Crippen molar-refractivity contribution in [1.82, 2.24) is 29.9 Å². The highest BCUT2D eigenvalue weighted by Gasteiger charge is 2.15. The molecule has 9 rings (SSSR count). The van der Waals surface area contributed by atoms with E-state index in [2.05, 4.69) is 168 Å². The van der Waals surface area contributed by atoms with E-state index in [0.717, 1.165) is 83.5 Å². The molecule has 0 aliphatic carbocycles. The highest BCUT2D eigenvalue weighted by Crippen LogP contribution is 2.33. The van der Waals surface area contributed by atoms with Crippen LogP contribution in [0.4, 0.5) is 0 Å². The minimum absolute atomic E-state index is 0.570. The summed E-state index contributed by atoms with van der Waals surface area (Å²) in [7, 11) is 0. The zero-order valence-corrected chi connectivity index (χ0v) is 33.6. The third kappa shape index (κ3) is 8.80. The summed E-state index contributed by atoms with van der Waals surface area (Å²) in [6.07, 6.45) is 17.0. The van der Waals surface area contributed by atoms with Crippen LogP contribution in [-0.2, 0) is 0 Å². The SMILES string of the molecule is C=C/C=C(\C=C(/C)c1cccnc1)c1cccc(-c2nc(-c3cccc(-c4cccc(-c5cccnc5)c4)c3)nc(-c3cccc(-c4cccc(-c5cccnc5)c4)c3)n2)c1. The van der Waals surface area contributed by atoms with Crippen molar-refractivity contribution in [2.45, 2.75) is 6.92 Å². The quantitative estimate of drug-likeness (QED) is 0.122. The Balaban J connectivity index is 1.15. The number of hydrogen-bond donors (Lipinski definition) is 0. The van der Waals surface area contributed by atoms with Crippen molar-refractivity contribution >= 4 is 11.1 Å². The molecule has 290 valence electrons. The zero-order chi connectivity index (χ0) is 41.4. The predicted molar refractivity (Wildman–Crippen MR) is 250 cm³/mol. The van der Waals surface area contributed by atoms with Crippen molar-refractivity contribution in [2.24, 2.45) is 0 Å². The maximum absolute atomic E-state index is 5.18. The fourth-order valence-corrected chi connectivity index (χ4v) is 7.37. The first kappa shape index (κ1) is 38.3. The second-order valence-corrected chi connectivity index (χ2v) is 14.6. The first-order chi connectivity index (χ1) is 30.1. The van der Waals surface area contributed by atoms with Gasteiger partial charge >= 0.3 is 0 Å². The van der Waals surface area contributed by atoms with E-state index in [1.165, 1.54) is 0 Å². The molecule has 0 radical (unpaired) electrons. The number of allylic oxidation sites excluding steroid dienone is 5. The molecule has 0 fully saturated rings. The molecule has 0 bridgehead atoms. The van der Waals surface area contributed by atoms with Crippen LogP contribution in [0.1, 0.15) is 18.1 Å². The Bertz CT molecular complexity index is 2900. The standard InChI is InChI=1S/C55H40N6/c1-3-12-39(29-38(2)50-23-9-26-56-35-50)42-15-6-20-47(32-42)53-59-54(48-21-7-16-43(33-48)40-13-4-18-45(30-40)51-24-10-27-57-36-51)61-55(60-53)49-22-8-17-44(34-49)41-14-5-19-46(31-41)52-25-11-28-58-37-52/h3-37H,1H2,2H3/b38-29+,39-12+. The summed E-state index contributed by atoms with van der Waals surface area (Å²) in [4.78, 5) is 28.5. The Kier molecular flexibility index (Phi) is 11.1. The van der Waals surface area contributed by atoms with E-state index in [-0.39, 0.29) is 0 Å². The average molecular weight is 785 g/mol. The molecule has 0 N–H and O–H groups in total. The summed E-state index contributed by atoms with van der Waals surface area (Å²) < 4.78 is 0. The summed E-state index contributed by atoms with van der Waals surface area (Å²) in [5.41, 5.74) is 15.4. The van der Waals surface area contributed by atoms with Gasteiger partial charge in [0.05, 0.1) is 0 Å². The van der Waals surface area contributed by atoms with E-state index in [4.69, 9.17) is 15.0 Å². The fourth-order valence-electron chi connectivity index (χ4n) is 7.37. The van der Waals surface area contributed by atoms with Crippen LogP contribution in [0.2, 0.25) is 0 Å². The average Bonchev–Trinajstić information content (AvgIpc) is 3.34. The Morgan fingerprint density at radius 1 is 0.393 bits per heavy atom. The van der Waals surface area contributed by atoms with E-state index >= 15 is 0 Å². The van der Waals surface area contributed by atoms with Crippen LogP contribution in [-0.4, -0.2) is 29.9 Å². The number of nitrogens with zero attached hydrogens (tertiary/aromatic N) is 6. The van der Waals surface area contributed by atoms with Gasteiger partial charge < -0.3 is 0 Å². The van der Waals surface area contributed by atoms with Gasteiger partial charge in [-0.25, -0.2) is 15.0 Å². The van der Waals surface area contributed by atoms with E-state index in [1.807, 2.05) is 55.0 Å². The molecule has 0 aliphatic heterocycles. The molecule has 0 unspecified atom stereocenters. The Labute approximate surface area is 356 Å². The molecule has 5 aromatic carbocycles. The van der Waals surface area contributed by atoms with E-state index in [0.29, 0.717) is 17.5 Å². The first-order valence-corrected chi connectivity index (χ1v) is 20.1. The minimum atomic E-state index is 0.570. The lowest BCUT2D eigenvalue weighted by atomic mass is 9.98. The molecule has 9 aromatic rings. The number of rotatable bonds is 11. The van der Waals surface area contributed by atoms with Gasteiger partial charge in [-0.3, -0.25) is 15.0 Å². The molecule has 4 heterocycles. The highest BCUT2D eigenvalue weighted by molar-refractivity contribution is 5.85. The van der Waals surface area contributed by atoms with Crippen molar-refractivity contribution in [3.05, 3.63) is 231 Å². The molecule has 6 heteroatoms. The Morgan fingerprint density at radius 2 is 0.754 bits per heavy atom. The molecule has 0 aliphatic rings. The van der Waals surface area contributed by atoms with Crippen molar-refractivity contribution in [3.63, 3.8) is 0 Å². The Hall–Kier alpha value is -8.22. The van der Waals surface area contributed by atoms with Crippen LogP contribution in [0.15, 0.2) is 220 Å². The van der Waals surface area contributed by atoms with Crippen molar-refractivity contribution in [1.29, 1.82) is 0 Å². The highest BCUT2D eigenvalue weighted by atomic mass is 15.0. The minimum Gasteiger partial charge on any atom is -0.264 e. The van der Waals surface area contributed by atoms with Crippen molar-refractivity contribution in [2.75, 3.05) is 0 Å². The molecule has 4 aromatic heterocycles. The van der Waals surface area contributed by atoms with Gasteiger partial charge in [-0.2, -0.15) is 0 Å². The molecule has 0 saturated heterocycles. The predicted octanol–water partition coefficient (Wildman–Crippen LogP) is 13.4. The summed E-state index contributed by atoms with van der Waals surface area (Å²) in [6, 6.07) is 54.2. The largest absolute Gasteiger partial charge is 0.264 e. The summed E-state index contributed by atoms with van der Waals surface area (Å²) in [6.45, 7) is 6.11. The maximum Gasteiger partial charge on any atom is 0.164 e. The van der Waals surface area contributed by atoms with E-state index in [1.54, 1.807) is 18.6 Å². The lowest BCUT2D eigenvalue weighted by Gasteiger charge is -2.12. The normalized spacial score (nSPS) is 11.6. The number of pyridine rings is 3. The molecule has 61 heavy (non-hydrogen) atoms. The van der Waals surface area contributed by atoms with Crippen LogP contribution in [0.3, 0.4) is 0 Å². The van der Waals surface area contributed by atoms with Gasteiger partial charge in [0, 0.05) is 65.0 Å². The lowest BCUT2D eigenvalue weighted by Crippen LogP contribution is -2.01. The molecular weight excluding hydrogens is 745 g/mol. The van der Waals surface area contributed by atoms with Gasteiger partial charge in [0.1, 0.15) is 0 Å². The Morgan fingerprint density at radius 3 is 1.18 bits per heavy atom. The van der Waals surface area contributed by atoms with Crippen molar-refractivity contribution in [3.8, 4) is 78.7 Å². The molecule has 6 nitrogen and oxygen atoms in total. The van der Waals surface area contributed by atoms with Crippen LogP contribution >= 0.6 is 0 Å². The first-order valence-electron chi connectivity index (χ1n) is 20.1. The summed E-state index contributed by atoms with van der Waals surface area (Å²) in [5.74, 6) is 1.73. The summed E-state index contributed by atoms with van der Waals surface area (Å²) >= 11 is 0. The molecule has 0 amide bonds. The topological polar surface area (TPSA) is 77.3 Å². The van der Waals surface area contributed by atoms with Gasteiger partial charge in [-0.05, 0) is 111 Å². The van der Waals surface area contributed by atoms with Crippen LogP contribution in [0.25, 0.3) is 89.8 Å². The van der Waals surface area contributed by atoms with Crippen LogP contribution in [0, 0.1) is 0 Å². The van der Waals surface area contributed by atoms with Crippen LogP contribution in [0.5, 0.6) is 0 Å². The number of hydrogen-bond acceptors (Lipinski definition) is 6. The zero-order valence-electron chi connectivity index (χ0n) is 33.6.